The molecule has 0 aromatic carbocycles. The van der Waals surface area contributed by atoms with Crippen molar-refractivity contribution in [2.45, 2.75) is 32.7 Å². The van der Waals surface area contributed by atoms with Gasteiger partial charge in [-0.2, -0.15) is 13.2 Å². The molecule has 0 bridgehead atoms. The van der Waals surface area contributed by atoms with Crippen LogP contribution in [-0.4, -0.2) is 16.6 Å². The molecule has 0 aliphatic carbocycles. The summed E-state index contributed by atoms with van der Waals surface area (Å²) in [6, 6.07) is 0. The quantitative estimate of drug-likeness (QED) is 0.678. The molecule has 0 aromatic rings. The fourth-order valence-corrected chi connectivity index (χ4v) is 2.99. The molecule has 0 radical (unpaired) electrons. The Morgan fingerprint density at radius 2 is 1.71 bits per heavy atom. The zero-order chi connectivity index (χ0) is 11.4. The van der Waals surface area contributed by atoms with Crippen LogP contribution in [0, 0.1) is 11.3 Å². The van der Waals surface area contributed by atoms with Crippen molar-refractivity contribution in [3.63, 3.8) is 0 Å². The molecule has 14 heavy (non-hydrogen) atoms. The fourth-order valence-electron chi connectivity index (χ4n) is 1.06. The number of rotatable bonds is 4. The number of alkyl halides is 4. The van der Waals surface area contributed by atoms with Gasteiger partial charge in [0.25, 0.3) is 0 Å². The van der Waals surface area contributed by atoms with E-state index in [1.54, 1.807) is 0 Å². The maximum atomic E-state index is 11.9. The van der Waals surface area contributed by atoms with Crippen molar-refractivity contribution in [3.05, 3.63) is 0 Å². The molecule has 1 atom stereocenters. The van der Waals surface area contributed by atoms with Crippen LogP contribution < -0.4 is 0 Å². The largest absolute Gasteiger partial charge is 0.441 e. The minimum atomic E-state index is -4.09. The molecule has 0 aliphatic heterocycles. The zero-order valence-corrected chi connectivity index (χ0v) is 11.0. The van der Waals surface area contributed by atoms with Gasteiger partial charge in [0, 0.05) is 11.1 Å². The lowest BCUT2D eigenvalue weighted by atomic mass is 9.80. The summed E-state index contributed by atoms with van der Waals surface area (Å²) in [4.78, 5) is 0. The smallest absolute Gasteiger partial charge is 0.160 e. The molecule has 0 nitrogen and oxygen atoms in total. The van der Waals surface area contributed by atoms with E-state index in [-0.39, 0.29) is 28.8 Å². The first-order valence-corrected chi connectivity index (χ1v) is 6.54. The van der Waals surface area contributed by atoms with Gasteiger partial charge in [0.2, 0.25) is 0 Å². The molecule has 0 spiro atoms. The van der Waals surface area contributed by atoms with E-state index in [1.165, 1.54) is 0 Å². The highest BCUT2D eigenvalue weighted by Crippen LogP contribution is 2.35. The average Bonchev–Trinajstić information content (AvgIpc) is 1.93. The minimum absolute atomic E-state index is 0.0651. The van der Waals surface area contributed by atoms with Crippen molar-refractivity contribution in [2.24, 2.45) is 11.3 Å². The first kappa shape index (κ1) is 14.6. The predicted octanol–water partition coefficient (Wildman–Crippen LogP) is 4.69. The summed E-state index contributed by atoms with van der Waals surface area (Å²) in [5.74, 6) is 0.439. The standard InChI is InChI=1S/C9H16BrF3S/c1-8(2,3)7(6-10)4-5-14-9(11,12)13/h7H,4-6H2,1-3H3. The third-order valence-corrected chi connectivity index (χ3v) is 3.69. The van der Waals surface area contributed by atoms with Crippen LogP contribution in [0.1, 0.15) is 27.2 Å². The van der Waals surface area contributed by atoms with Crippen molar-refractivity contribution in [3.8, 4) is 0 Å². The Balaban J connectivity index is 3.87. The zero-order valence-electron chi connectivity index (χ0n) is 8.62. The second kappa shape index (κ2) is 5.64. The fraction of sp³-hybridized carbons (Fsp3) is 1.00. The van der Waals surface area contributed by atoms with Gasteiger partial charge < -0.3 is 0 Å². The van der Waals surface area contributed by atoms with Crippen molar-refractivity contribution in [1.82, 2.24) is 0 Å². The van der Waals surface area contributed by atoms with E-state index in [1.807, 2.05) is 0 Å². The lowest BCUT2D eigenvalue weighted by molar-refractivity contribution is -0.0328. The molecule has 5 heteroatoms. The maximum Gasteiger partial charge on any atom is 0.441 e. The Kier molecular flexibility index (Phi) is 5.88. The summed E-state index contributed by atoms with van der Waals surface area (Å²) in [6.45, 7) is 6.16. The molecular formula is C9H16BrF3S. The van der Waals surface area contributed by atoms with E-state index in [0.717, 1.165) is 5.33 Å². The Bertz CT molecular complexity index is 162. The summed E-state index contributed by atoms with van der Waals surface area (Å²) in [7, 11) is 0. The minimum Gasteiger partial charge on any atom is -0.160 e. The van der Waals surface area contributed by atoms with Crippen molar-refractivity contribution >= 4 is 27.7 Å². The molecule has 0 N–H and O–H groups in total. The lowest BCUT2D eigenvalue weighted by Gasteiger charge is -2.29. The molecule has 0 heterocycles. The van der Waals surface area contributed by atoms with Crippen LogP contribution >= 0.6 is 27.7 Å². The summed E-state index contributed by atoms with van der Waals surface area (Å²) in [5, 5.41) is 0.759. The van der Waals surface area contributed by atoms with E-state index in [0.29, 0.717) is 6.42 Å². The van der Waals surface area contributed by atoms with Crippen molar-refractivity contribution < 1.29 is 13.2 Å². The number of hydrogen-bond donors (Lipinski definition) is 0. The van der Waals surface area contributed by atoms with Crippen molar-refractivity contribution in [1.29, 1.82) is 0 Å². The summed E-state index contributed by atoms with van der Waals surface area (Å²) < 4.78 is 35.6. The van der Waals surface area contributed by atoms with Gasteiger partial charge in [-0.15, -0.1) is 0 Å². The highest BCUT2D eigenvalue weighted by Gasteiger charge is 2.29. The molecule has 0 fully saturated rings. The van der Waals surface area contributed by atoms with Crippen LogP contribution in [0.4, 0.5) is 13.2 Å². The van der Waals surface area contributed by atoms with Crippen molar-refractivity contribution in [2.75, 3.05) is 11.1 Å². The topological polar surface area (TPSA) is 0 Å². The number of halogens is 4. The molecule has 0 saturated heterocycles. The van der Waals surface area contributed by atoms with Crippen LogP contribution in [0.3, 0.4) is 0 Å². The van der Waals surface area contributed by atoms with Gasteiger partial charge in [-0.25, -0.2) is 0 Å². The molecule has 0 aromatic heterocycles. The normalized spacial score (nSPS) is 15.6. The van der Waals surface area contributed by atoms with Gasteiger partial charge in [-0.3, -0.25) is 0 Å². The van der Waals surface area contributed by atoms with Gasteiger partial charge in [-0.1, -0.05) is 48.5 Å². The van der Waals surface area contributed by atoms with Crippen LogP contribution in [0.2, 0.25) is 0 Å². The van der Waals surface area contributed by atoms with Crippen LogP contribution in [-0.2, 0) is 0 Å². The first-order chi connectivity index (χ1) is 6.17. The van der Waals surface area contributed by atoms with Gasteiger partial charge in [0.05, 0.1) is 0 Å². The van der Waals surface area contributed by atoms with Crippen LogP contribution in [0.25, 0.3) is 0 Å². The van der Waals surface area contributed by atoms with Gasteiger partial charge in [0.1, 0.15) is 0 Å². The maximum absolute atomic E-state index is 11.9. The molecule has 0 amide bonds. The third kappa shape index (κ3) is 6.98. The van der Waals surface area contributed by atoms with Crippen LogP contribution in [0.15, 0.2) is 0 Å². The Morgan fingerprint density at radius 1 is 1.21 bits per heavy atom. The second-order valence-electron chi connectivity index (χ2n) is 4.30. The second-order valence-corrected chi connectivity index (χ2v) is 6.11. The molecule has 1 unspecified atom stereocenters. The van der Waals surface area contributed by atoms with Gasteiger partial charge in [-0.05, 0) is 17.8 Å². The molecule has 0 aliphatic rings. The van der Waals surface area contributed by atoms with E-state index in [2.05, 4.69) is 36.7 Å². The molecular weight excluding hydrogens is 277 g/mol. The summed E-state index contributed by atoms with van der Waals surface area (Å²) >= 11 is 3.41. The Labute approximate surface area is 96.1 Å². The summed E-state index contributed by atoms with van der Waals surface area (Å²) in [5.41, 5.74) is -4.02. The van der Waals surface area contributed by atoms with E-state index < -0.39 is 5.51 Å². The van der Waals surface area contributed by atoms with Crippen LogP contribution in [0.5, 0.6) is 0 Å². The summed E-state index contributed by atoms with van der Waals surface area (Å²) in [6.07, 6.45) is 0.596. The molecule has 0 rings (SSSR count). The Hall–Kier alpha value is 0.620. The number of hydrogen-bond acceptors (Lipinski definition) is 1. The Morgan fingerprint density at radius 3 is 2.00 bits per heavy atom. The van der Waals surface area contributed by atoms with Gasteiger partial charge >= 0.3 is 5.51 Å². The van der Waals surface area contributed by atoms with Gasteiger partial charge in [0.15, 0.2) is 0 Å². The molecule has 86 valence electrons. The van der Waals surface area contributed by atoms with E-state index >= 15 is 0 Å². The van der Waals surface area contributed by atoms with E-state index in [9.17, 15) is 13.2 Å². The van der Waals surface area contributed by atoms with E-state index in [4.69, 9.17) is 0 Å². The monoisotopic (exact) mass is 292 g/mol. The lowest BCUT2D eigenvalue weighted by Crippen LogP contribution is -2.22. The first-order valence-electron chi connectivity index (χ1n) is 4.43. The third-order valence-electron chi connectivity index (χ3n) is 2.14. The highest BCUT2D eigenvalue weighted by molar-refractivity contribution is 9.09. The number of thioether (sulfide) groups is 1. The SMILES string of the molecule is CC(C)(C)C(CBr)CCSC(F)(F)F. The highest BCUT2D eigenvalue weighted by atomic mass is 79.9. The average molecular weight is 293 g/mol. The molecule has 0 saturated carbocycles. The predicted molar refractivity (Wildman–Crippen MR) is 59.9 cm³/mol.